The third-order valence-electron chi connectivity index (χ3n) is 4.30. The number of alkyl halides is 3. The topological polar surface area (TPSA) is 31.4 Å². The molecule has 0 unspecified atom stereocenters. The molecule has 3 nitrogen and oxygen atoms in total. The van der Waals surface area contributed by atoms with Crippen LogP contribution in [0.5, 0.6) is 17.4 Å². The Bertz CT molecular complexity index is 968. The molecule has 3 rings (SSSR count). The van der Waals surface area contributed by atoms with Gasteiger partial charge in [0.25, 0.3) is 0 Å². The molecule has 0 aliphatic carbocycles. The lowest BCUT2D eigenvalue weighted by atomic mass is 10.0. The lowest BCUT2D eigenvalue weighted by molar-refractivity contribution is -0.0691. The highest BCUT2D eigenvalue weighted by atomic mass is 19.4. The molecule has 0 saturated heterocycles. The van der Waals surface area contributed by atoms with Gasteiger partial charge in [0.1, 0.15) is 11.5 Å². The van der Waals surface area contributed by atoms with Crippen LogP contribution in [0.4, 0.5) is 13.2 Å². The molecule has 0 fully saturated rings. The fraction of sp³-hybridized carbons (Fsp3) is 0.208. The van der Waals surface area contributed by atoms with E-state index in [1.807, 2.05) is 54.6 Å². The summed E-state index contributed by atoms with van der Waals surface area (Å²) >= 11 is 0. The predicted molar refractivity (Wildman–Crippen MR) is 111 cm³/mol. The first kappa shape index (κ1) is 21.4. The standard InChI is InChI=1S/C24H22F3NO2/c1-2-29-23-15-14-19(17-28-23)22(24(25,26)27)13-7-9-18-8-6-12-21(16-18)30-20-10-4-3-5-11-20/h3-6,8,10-17H,2,7,9H2,1H3/b22-13+. The lowest BCUT2D eigenvalue weighted by Gasteiger charge is -2.13. The van der Waals surface area contributed by atoms with Crippen molar-refractivity contribution in [3.05, 3.63) is 90.1 Å². The Labute approximate surface area is 173 Å². The number of halogens is 3. The summed E-state index contributed by atoms with van der Waals surface area (Å²) in [5.74, 6) is 1.66. The molecule has 0 saturated carbocycles. The third kappa shape index (κ3) is 6.11. The smallest absolute Gasteiger partial charge is 0.416 e. The zero-order chi connectivity index (χ0) is 21.4. The van der Waals surface area contributed by atoms with Crippen molar-refractivity contribution in [1.82, 2.24) is 4.98 Å². The number of hydrogen-bond donors (Lipinski definition) is 0. The molecular formula is C24H22F3NO2. The van der Waals surface area contributed by atoms with E-state index < -0.39 is 11.7 Å². The second kappa shape index (κ2) is 9.96. The fourth-order valence-electron chi connectivity index (χ4n) is 2.94. The molecular weight excluding hydrogens is 391 g/mol. The molecule has 30 heavy (non-hydrogen) atoms. The van der Waals surface area contributed by atoms with E-state index in [0.717, 1.165) is 5.56 Å². The van der Waals surface area contributed by atoms with Crippen LogP contribution in [0.1, 0.15) is 24.5 Å². The van der Waals surface area contributed by atoms with E-state index in [4.69, 9.17) is 9.47 Å². The van der Waals surface area contributed by atoms with E-state index in [1.54, 1.807) is 6.92 Å². The van der Waals surface area contributed by atoms with E-state index in [0.29, 0.717) is 30.4 Å². The second-order valence-corrected chi connectivity index (χ2v) is 6.53. The molecule has 0 bridgehead atoms. The van der Waals surface area contributed by atoms with Gasteiger partial charge in [-0.1, -0.05) is 36.4 Å². The zero-order valence-corrected chi connectivity index (χ0v) is 16.5. The van der Waals surface area contributed by atoms with Crippen LogP contribution in [0.25, 0.3) is 5.57 Å². The van der Waals surface area contributed by atoms with E-state index >= 15 is 0 Å². The van der Waals surface area contributed by atoms with E-state index in [-0.39, 0.29) is 12.0 Å². The summed E-state index contributed by atoms with van der Waals surface area (Å²) in [6.45, 7) is 2.19. The van der Waals surface area contributed by atoms with Gasteiger partial charge in [-0.3, -0.25) is 0 Å². The van der Waals surface area contributed by atoms with Gasteiger partial charge in [0.05, 0.1) is 12.2 Å². The minimum atomic E-state index is -4.47. The largest absolute Gasteiger partial charge is 0.478 e. The van der Waals surface area contributed by atoms with Crippen molar-refractivity contribution >= 4 is 5.57 Å². The van der Waals surface area contributed by atoms with Crippen LogP contribution in [0.2, 0.25) is 0 Å². The molecule has 1 heterocycles. The number of allylic oxidation sites excluding steroid dienone is 2. The Morgan fingerprint density at radius 3 is 2.40 bits per heavy atom. The van der Waals surface area contributed by atoms with Crippen LogP contribution in [0.15, 0.2) is 79.0 Å². The van der Waals surface area contributed by atoms with E-state index in [1.165, 1.54) is 24.4 Å². The molecule has 0 aliphatic heterocycles. The second-order valence-electron chi connectivity index (χ2n) is 6.53. The molecule has 156 valence electrons. The number of rotatable bonds is 8. The summed E-state index contributed by atoms with van der Waals surface area (Å²) in [7, 11) is 0. The van der Waals surface area contributed by atoms with Crippen molar-refractivity contribution in [3.8, 4) is 17.4 Å². The first-order valence-corrected chi connectivity index (χ1v) is 9.64. The first-order valence-electron chi connectivity index (χ1n) is 9.64. The van der Waals surface area contributed by atoms with Crippen LogP contribution in [-0.4, -0.2) is 17.8 Å². The minimum Gasteiger partial charge on any atom is -0.478 e. The van der Waals surface area contributed by atoms with Gasteiger partial charge >= 0.3 is 6.18 Å². The van der Waals surface area contributed by atoms with Gasteiger partial charge in [0.15, 0.2) is 0 Å². The number of aryl methyl sites for hydroxylation is 1. The molecule has 2 aromatic carbocycles. The summed E-state index contributed by atoms with van der Waals surface area (Å²) in [6.07, 6.45) is -1.37. The summed E-state index contributed by atoms with van der Waals surface area (Å²) in [4.78, 5) is 3.94. The maximum Gasteiger partial charge on any atom is 0.416 e. The fourth-order valence-corrected chi connectivity index (χ4v) is 2.94. The Kier molecular flexibility index (Phi) is 7.12. The molecule has 0 spiro atoms. The summed E-state index contributed by atoms with van der Waals surface area (Å²) in [5.41, 5.74) is 0.216. The SMILES string of the molecule is CCOc1ccc(/C(=C\CCc2cccc(Oc3ccccc3)c2)C(F)(F)F)cn1. The van der Waals surface area contributed by atoms with Crippen molar-refractivity contribution < 1.29 is 22.6 Å². The number of benzene rings is 2. The molecule has 0 atom stereocenters. The van der Waals surface area contributed by atoms with Gasteiger partial charge in [0, 0.05) is 17.8 Å². The number of ether oxygens (including phenoxy) is 2. The van der Waals surface area contributed by atoms with Gasteiger partial charge in [-0.05, 0) is 55.7 Å². The van der Waals surface area contributed by atoms with Crippen molar-refractivity contribution in [2.75, 3.05) is 6.61 Å². The molecule has 0 radical (unpaired) electrons. The van der Waals surface area contributed by atoms with Crippen molar-refractivity contribution in [3.63, 3.8) is 0 Å². The maximum absolute atomic E-state index is 13.5. The Hall–Kier alpha value is -3.28. The average Bonchev–Trinajstić information content (AvgIpc) is 2.72. The number of para-hydroxylation sites is 1. The van der Waals surface area contributed by atoms with E-state index in [9.17, 15) is 13.2 Å². The number of nitrogens with zero attached hydrogens (tertiary/aromatic N) is 1. The van der Waals surface area contributed by atoms with Gasteiger partial charge in [-0.25, -0.2) is 4.98 Å². The van der Waals surface area contributed by atoms with Crippen LogP contribution in [-0.2, 0) is 6.42 Å². The molecule has 1 aromatic heterocycles. The Balaban J connectivity index is 1.70. The molecule has 0 amide bonds. The first-order chi connectivity index (χ1) is 14.5. The van der Waals surface area contributed by atoms with Crippen LogP contribution >= 0.6 is 0 Å². The normalized spacial score (nSPS) is 11.9. The van der Waals surface area contributed by atoms with Crippen LogP contribution < -0.4 is 9.47 Å². The Morgan fingerprint density at radius 1 is 0.967 bits per heavy atom. The molecule has 6 heteroatoms. The quantitative estimate of drug-likeness (QED) is 0.405. The summed E-state index contributed by atoms with van der Waals surface area (Å²) in [5, 5.41) is 0. The zero-order valence-electron chi connectivity index (χ0n) is 16.5. The molecule has 0 N–H and O–H groups in total. The average molecular weight is 413 g/mol. The highest BCUT2D eigenvalue weighted by molar-refractivity contribution is 5.69. The van der Waals surface area contributed by atoms with Crippen molar-refractivity contribution in [2.24, 2.45) is 0 Å². The monoisotopic (exact) mass is 413 g/mol. The predicted octanol–water partition coefficient (Wildman–Crippen LogP) is 6.85. The van der Waals surface area contributed by atoms with Crippen LogP contribution in [0.3, 0.4) is 0 Å². The summed E-state index contributed by atoms with van der Waals surface area (Å²) in [6, 6.07) is 19.5. The van der Waals surface area contributed by atoms with Gasteiger partial charge in [-0.15, -0.1) is 0 Å². The van der Waals surface area contributed by atoms with Crippen molar-refractivity contribution in [2.45, 2.75) is 25.9 Å². The molecule has 3 aromatic rings. The van der Waals surface area contributed by atoms with Gasteiger partial charge < -0.3 is 9.47 Å². The maximum atomic E-state index is 13.5. The van der Waals surface area contributed by atoms with E-state index in [2.05, 4.69) is 4.98 Å². The van der Waals surface area contributed by atoms with Crippen LogP contribution in [0, 0.1) is 0 Å². The number of hydrogen-bond acceptors (Lipinski definition) is 3. The van der Waals surface area contributed by atoms with Crippen molar-refractivity contribution in [1.29, 1.82) is 0 Å². The number of pyridine rings is 1. The highest BCUT2D eigenvalue weighted by Gasteiger charge is 2.34. The minimum absolute atomic E-state index is 0.0205. The lowest BCUT2D eigenvalue weighted by Crippen LogP contribution is -2.11. The third-order valence-corrected chi connectivity index (χ3v) is 4.30. The number of aromatic nitrogens is 1. The highest BCUT2D eigenvalue weighted by Crippen LogP contribution is 2.34. The Morgan fingerprint density at radius 2 is 1.73 bits per heavy atom. The van der Waals surface area contributed by atoms with Gasteiger partial charge in [-0.2, -0.15) is 13.2 Å². The van der Waals surface area contributed by atoms with Gasteiger partial charge in [0.2, 0.25) is 5.88 Å². The molecule has 0 aliphatic rings. The summed E-state index contributed by atoms with van der Waals surface area (Å²) < 4.78 is 51.6.